The van der Waals surface area contributed by atoms with E-state index in [2.05, 4.69) is 33.0 Å². The van der Waals surface area contributed by atoms with E-state index in [0.29, 0.717) is 5.92 Å². The number of rotatable bonds is 7. The molecule has 0 spiro atoms. The Labute approximate surface area is 117 Å². The Hall–Kier alpha value is -0.960. The van der Waals surface area contributed by atoms with Crippen molar-refractivity contribution < 1.29 is 0 Å². The second-order valence-corrected chi connectivity index (χ2v) is 5.79. The van der Waals surface area contributed by atoms with Crippen LogP contribution in [0.3, 0.4) is 0 Å². The van der Waals surface area contributed by atoms with Crippen molar-refractivity contribution in [1.29, 1.82) is 0 Å². The molecule has 0 saturated heterocycles. The van der Waals surface area contributed by atoms with Gasteiger partial charge in [0.05, 0.1) is 0 Å². The molecule has 1 aliphatic rings. The van der Waals surface area contributed by atoms with Gasteiger partial charge < -0.3 is 5.32 Å². The van der Waals surface area contributed by atoms with E-state index >= 15 is 0 Å². The molecule has 1 aliphatic carbocycles. The summed E-state index contributed by atoms with van der Waals surface area (Å²) in [6, 6.07) is 0.783. The van der Waals surface area contributed by atoms with Crippen molar-refractivity contribution in [3.8, 4) is 0 Å². The van der Waals surface area contributed by atoms with Gasteiger partial charge in [-0.3, -0.25) is 0 Å². The average Bonchev–Trinajstić information content (AvgIpc) is 3.22. The fraction of sp³-hybridized carbons (Fsp3) is 0.750. The molecule has 0 bridgehead atoms. The molecule has 19 heavy (non-hydrogen) atoms. The normalized spacial score (nSPS) is 15.2. The maximum Gasteiger partial charge on any atom is 0.131 e. The van der Waals surface area contributed by atoms with Gasteiger partial charge in [-0.05, 0) is 44.2 Å². The summed E-state index contributed by atoms with van der Waals surface area (Å²) in [6.07, 6.45) is 5.79. The van der Waals surface area contributed by atoms with Crippen molar-refractivity contribution in [1.82, 2.24) is 15.3 Å². The maximum atomic E-state index is 4.77. The average molecular weight is 261 g/mol. The molecular weight excluding hydrogens is 234 g/mol. The summed E-state index contributed by atoms with van der Waals surface area (Å²) in [7, 11) is 0. The van der Waals surface area contributed by atoms with Crippen LogP contribution >= 0.6 is 0 Å². The molecule has 1 aromatic heterocycles. The summed E-state index contributed by atoms with van der Waals surface area (Å²) in [5.41, 5.74) is 3.91. The lowest BCUT2D eigenvalue weighted by Crippen LogP contribution is -2.21. The number of nitrogens with zero attached hydrogens (tertiary/aromatic N) is 2. The molecule has 3 nitrogen and oxygen atoms in total. The molecule has 1 heterocycles. The predicted molar refractivity (Wildman–Crippen MR) is 79.6 cm³/mol. The van der Waals surface area contributed by atoms with E-state index in [1.165, 1.54) is 29.8 Å². The highest BCUT2D eigenvalue weighted by atomic mass is 14.9. The molecule has 0 aromatic carbocycles. The number of aromatic nitrogens is 2. The van der Waals surface area contributed by atoms with Crippen molar-refractivity contribution >= 4 is 0 Å². The van der Waals surface area contributed by atoms with Gasteiger partial charge in [0.1, 0.15) is 5.82 Å². The first-order valence-electron chi connectivity index (χ1n) is 7.77. The Bertz CT molecular complexity index is 397. The number of hydrogen-bond acceptors (Lipinski definition) is 3. The smallest absolute Gasteiger partial charge is 0.131 e. The molecule has 0 amide bonds. The third kappa shape index (κ3) is 3.75. The van der Waals surface area contributed by atoms with Crippen LogP contribution in [0.5, 0.6) is 0 Å². The van der Waals surface area contributed by atoms with Crippen molar-refractivity contribution in [2.75, 3.05) is 6.54 Å². The zero-order valence-electron chi connectivity index (χ0n) is 12.8. The van der Waals surface area contributed by atoms with Crippen LogP contribution < -0.4 is 5.32 Å². The largest absolute Gasteiger partial charge is 0.314 e. The summed E-state index contributed by atoms with van der Waals surface area (Å²) >= 11 is 0. The highest BCUT2D eigenvalue weighted by Gasteiger charge is 2.20. The Kier molecular flexibility index (Phi) is 4.92. The SMILES string of the molecule is CCc1nc(C(C)C)nc(CC)c1CCNC1CC1. The second-order valence-electron chi connectivity index (χ2n) is 5.79. The number of aryl methyl sites for hydroxylation is 2. The van der Waals surface area contributed by atoms with Gasteiger partial charge in [-0.15, -0.1) is 0 Å². The molecule has 0 unspecified atom stereocenters. The van der Waals surface area contributed by atoms with Gasteiger partial charge >= 0.3 is 0 Å². The Morgan fingerprint density at radius 1 is 1.11 bits per heavy atom. The summed E-state index contributed by atoms with van der Waals surface area (Å²) in [4.78, 5) is 9.55. The molecule has 1 fully saturated rings. The lowest BCUT2D eigenvalue weighted by molar-refractivity contribution is 0.662. The first kappa shape index (κ1) is 14.4. The summed E-state index contributed by atoms with van der Waals surface area (Å²) in [6.45, 7) is 9.80. The van der Waals surface area contributed by atoms with E-state index in [-0.39, 0.29) is 0 Å². The second kappa shape index (κ2) is 6.47. The summed E-state index contributed by atoms with van der Waals surface area (Å²) in [5, 5.41) is 3.59. The third-order valence-corrected chi connectivity index (χ3v) is 3.77. The van der Waals surface area contributed by atoms with E-state index in [1.54, 1.807) is 0 Å². The quantitative estimate of drug-likeness (QED) is 0.820. The highest BCUT2D eigenvalue weighted by molar-refractivity contribution is 5.27. The molecule has 1 N–H and O–H groups in total. The zero-order valence-corrected chi connectivity index (χ0v) is 12.8. The van der Waals surface area contributed by atoms with E-state index in [1.807, 2.05) is 0 Å². The van der Waals surface area contributed by atoms with E-state index in [4.69, 9.17) is 9.97 Å². The van der Waals surface area contributed by atoms with E-state index in [0.717, 1.165) is 37.7 Å². The Morgan fingerprint density at radius 3 is 2.11 bits per heavy atom. The van der Waals surface area contributed by atoms with Gasteiger partial charge in [0.2, 0.25) is 0 Å². The van der Waals surface area contributed by atoms with Crippen LogP contribution in [0.15, 0.2) is 0 Å². The third-order valence-electron chi connectivity index (χ3n) is 3.77. The van der Waals surface area contributed by atoms with Crippen LogP contribution in [0.25, 0.3) is 0 Å². The topological polar surface area (TPSA) is 37.8 Å². The minimum atomic E-state index is 0.411. The van der Waals surface area contributed by atoms with Gasteiger partial charge in [0.25, 0.3) is 0 Å². The van der Waals surface area contributed by atoms with E-state index < -0.39 is 0 Å². The fourth-order valence-corrected chi connectivity index (χ4v) is 2.42. The van der Waals surface area contributed by atoms with Crippen LogP contribution in [0, 0.1) is 0 Å². The van der Waals surface area contributed by atoms with Gasteiger partial charge in [-0.25, -0.2) is 9.97 Å². The lowest BCUT2D eigenvalue weighted by Gasteiger charge is -2.15. The zero-order chi connectivity index (χ0) is 13.8. The molecule has 106 valence electrons. The van der Waals surface area contributed by atoms with Crippen molar-refractivity contribution in [2.24, 2.45) is 0 Å². The summed E-state index contributed by atoms with van der Waals surface area (Å²) < 4.78 is 0. The molecule has 0 radical (unpaired) electrons. The molecular formula is C16H27N3. The number of hydrogen-bond donors (Lipinski definition) is 1. The molecule has 2 rings (SSSR count). The fourth-order valence-electron chi connectivity index (χ4n) is 2.42. The molecule has 1 saturated carbocycles. The minimum Gasteiger partial charge on any atom is -0.314 e. The molecule has 3 heteroatoms. The van der Waals surface area contributed by atoms with Crippen LogP contribution in [0.4, 0.5) is 0 Å². The number of nitrogens with one attached hydrogen (secondary N) is 1. The van der Waals surface area contributed by atoms with Gasteiger partial charge in [-0.2, -0.15) is 0 Å². The van der Waals surface area contributed by atoms with Crippen LogP contribution in [0.2, 0.25) is 0 Å². The monoisotopic (exact) mass is 261 g/mol. The van der Waals surface area contributed by atoms with Crippen LogP contribution in [-0.4, -0.2) is 22.6 Å². The summed E-state index contributed by atoms with van der Waals surface area (Å²) in [5.74, 6) is 1.42. The van der Waals surface area contributed by atoms with Gasteiger partial charge in [0.15, 0.2) is 0 Å². The molecule has 1 aromatic rings. The standard InChI is InChI=1S/C16H27N3/c1-5-14-13(9-10-17-12-7-8-12)15(6-2)19-16(18-14)11(3)4/h11-12,17H,5-10H2,1-4H3. The predicted octanol–water partition coefficient (Wildman–Crippen LogP) is 3.02. The minimum absolute atomic E-state index is 0.411. The van der Waals surface area contributed by atoms with Gasteiger partial charge in [-0.1, -0.05) is 27.7 Å². The van der Waals surface area contributed by atoms with Crippen molar-refractivity contribution in [3.05, 3.63) is 22.8 Å². The first-order valence-corrected chi connectivity index (χ1v) is 7.77. The molecule has 0 atom stereocenters. The first-order chi connectivity index (χ1) is 9.15. The van der Waals surface area contributed by atoms with Crippen molar-refractivity contribution in [3.63, 3.8) is 0 Å². The van der Waals surface area contributed by atoms with E-state index in [9.17, 15) is 0 Å². The lowest BCUT2D eigenvalue weighted by atomic mass is 10.0. The Balaban J connectivity index is 2.17. The maximum absolute atomic E-state index is 4.77. The molecule has 0 aliphatic heterocycles. The Morgan fingerprint density at radius 2 is 1.68 bits per heavy atom. The van der Waals surface area contributed by atoms with Crippen LogP contribution in [-0.2, 0) is 19.3 Å². The van der Waals surface area contributed by atoms with Crippen LogP contribution in [0.1, 0.15) is 69.2 Å². The highest BCUT2D eigenvalue weighted by Crippen LogP contribution is 2.20. The van der Waals surface area contributed by atoms with Gasteiger partial charge in [0, 0.05) is 23.3 Å². The van der Waals surface area contributed by atoms with Crippen molar-refractivity contribution in [2.45, 2.75) is 71.8 Å².